The van der Waals surface area contributed by atoms with E-state index in [0.717, 1.165) is 17.7 Å². The molecule has 1 aromatic heterocycles. The molecule has 0 aliphatic carbocycles. The molecule has 1 amide bonds. The number of rotatable bonds is 12. The van der Waals surface area contributed by atoms with Crippen LogP contribution in [0, 0.1) is 17.6 Å². The molecule has 11 heteroatoms. The second-order valence-corrected chi connectivity index (χ2v) is 8.75. The zero-order valence-corrected chi connectivity index (χ0v) is 21.9. The van der Waals surface area contributed by atoms with E-state index in [-0.39, 0.29) is 23.8 Å². The van der Waals surface area contributed by atoms with Crippen LogP contribution in [-0.4, -0.2) is 54.9 Å². The largest absolute Gasteiger partial charge is 0.503 e. The maximum absolute atomic E-state index is 14.1. The first kappa shape index (κ1) is 29.2. The first-order valence-electron chi connectivity index (χ1n) is 12.1. The Hall–Kier alpha value is -4.41. The summed E-state index contributed by atoms with van der Waals surface area (Å²) in [7, 11) is 2.88. The van der Waals surface area contributed by atoms with E-state index in [0.29, 0.717) is 12.2 Å². The van der Waals surface area contributed by atoms with Gasteiger partial charge in [0.25, 0.3) is 5.91 Å². The summed E-state index contributed by atoms with van der Waals surface area (Å²) < 4.78 is 48.8. The van der Waals surface area contributed by atoms with Gasteiger partial charge in [-0.3, -0.25) is 4.79 Å². The van der Waals surface area contributed by atoms with Crippen molar-refractivity contribution in [2.45, 2.75) is 32.4 Å². The van der Waals surface area contributed by atoms with Crippen LogP contribution in [0.1, 0.15) is 29.9 Å². The zero-order valence-electron chi connectivity index (χ0n) is 21.9. The molecular weight excluding hydrogens is 514 g/mol. The van der Waals surface area contributed by atoms with Gasteiger partial charge in [0.2, 0.25) is 0 Å². The normalized spacial score (nSPS) is 13.1. The van der Waals surface area contributed by atoms with Crippen LogP contribution in [0.3, 0.4) is 0 Å². The fourth-order valence-corrected chi connectivity index (χ4v) is 3.69. The number of hydrogen-bond donors (Lipinski definition) is 2. The highest BCUT2D eigenvalue weighted by molar-refractivity contribution is 5.97. The van der Waals surface area contributed by atoms with Gasteiger partial charge in [-0.15, -0.1) is 0 Å². The highest BCUT2D eigenvalue weighted by atomic mass is 19.1. The third-order valence-electron chi connectivity index (χ3n) is 5.99. The molecule has 0 saturated heterocycles. The number of nitrogens with zero attached hydrogens (tertiary/aromatic N) is 1. The second-order valence-electron chi connectivity index (χ2n) is 8.75. The molecule has 9 nitrogen and oxygen atoms in total. The molecule has 2 aromatic carbocycles. The molecule has 3 atom stereocenters. The highest BCUT2D eigenvalue weighted by Gasteiger charge is 2.27. The third kappa shape index (κ3) is 7.79. The summed E-state index contributed by atoms with van der Waals surface area (Å²) >= 11 is 0. The lowest BCUT2D eigenvalue weighted by Crippen LogP contribution is -2.42. The minimum absolute atomic E-state index is 0.0502. The van der Waals surface area contributed by atoms with E-state index < -0.39 is 47.3 Å². The number of amides is 1. The van der Waals surface area contributed by atoms with Crippen molar-refractivity contribution < 1.29 is 42.4 Å². The summed E-state index contributed by atoms with van der Waals surface area (Å²) in [5.41, 5.74) is 0.571. The minimum Gasteiger partial charge on any atom is -0.503 e. The standard InChI is InChI=1S/C28H30F2N2O7/c1-16(32-27(34)25-26(33)24(37-4)11-12-31-25)28(35)39-17(2)19(13-18-5-8-21(36-3)9-6-18)15-38-23-10-7-20(29)14-22(23)30/h5-12,14,16-17,19,33H,13,15H2,1-4H3,(H,32,34)/t16-,17-,19+/m0/s1. The monoisotopic (exact) mass is 544 g/mol. The smallest absolute Gasteiger partial charge is 0.328 e. The summed E-state index contributed by atoms with van der Waals surface area (Å²) in [5.74, 6) is -3.45. The van der Waals surface area contributed by atoms with Crippen molar-refractivity contribution in [2.75, 3.05) is 20.8 Å². The molecule has 0 unspecified atom stereocenters. The molecule has 0 fully saturated rings. The first-order chi connectivity index (χ1) is 18.6. The number of aromatic nitrogens is 1. The number of aromatic hydroxyl groups is 1. The lowest BCUT2D eigenvalue weighted by molar-refractivity contribution is -0.153. The molecule has 0 spiro atoms. The zero-order chi connectivity index (χ0) is 28.5. The fraction of sp³-hybridized carbons (Fsp3) is 0.321. The number of carbonyl (C=O) groups excluding carboxylic acids is 2. The molecule has 3 aromatic rings. The van der Waals surface area contributed by atoms with Crippen molar-refractivity contribution in [3.8, 4) is 23.0 Å². The van der Waals surface area contributed by atoms with Crippen LogP contribution in [0.4, 0.5) is 8.78 Å². The average Bonchev–Trinajstić information content (AvgIpc) is 2.92. The number of ether oxygens (including phenoxy) is 4. The number of benzene rings is 2. The van der Waals surface area contributed by atoms with Gasteiger partial charge in [0.05, 0.1) is 20.8 Å². The maximum atomic E-state index is 14.1. The van der Waals surface area contributed by atoms with E-state index >= 15 is 0 Å². The summed E-state index contributed by atoms with van der Waals surface area (Å²) in [6.07, 6.45) is 0.946. The van der Waals surface area contributed by atoms with Crippen molar-refractivity contribution >= 4 is 11.9 Å². The van der Waals surface area contributed by atoms with Crippen LogP contribution in [0.25, 0.3) is 0 Å². The van der Waals surface area contributed by atoms with Gasteiger partial charge in [-0.1, -0.05) is 12.1 Å². The van der Waals surface area contributed by atoms with Gasteiger partial charge in [0, 0.05) is 24.2 Å². The predicted octanol–water partition coefficient (Wildman–Crippen LogP) is 4.07. The van der Waals surface area contributed by atoms with Crippen LogP contribution < -0.4 is 19.5 Å². The molecule has 0 saturated carbocycles. The Bertz CT molecular complexity index is 1290. The molecule has 0 aliphatic rings. The molecule has 39 heavy (non-hydrogen) atoms. The van der Waals surface area contributed by atoms with Crippen LogP contribution >= 0.6 is 0 Å². The van der Waals surface area contributed by atoms with Gasteiger partial charge in [-0.2, -0.15) is 0 Å². The number of nitrogens with one attached hydrogen (secondary N) is 1. The Balaban J connectivity index is 1.70. The molecule has 2 N–H and O–H groups in total. The molecule has 3 rings (SSSR count). The van der Waals surface area contributed by atoms with Crippen molar-refractivity contribution in [3.05, 3.63) is 77.6 Å². The van der Waals surface area contributed by atoms with Crippen molar-refractivity contribution in [1.29, 1.82) is 0 Å². The van der Waals surface area contributed by atoms with Crippen molar-refractivity contribution in [2.24, 2.45) is 5.92 Å². The summed E-state index contributed by atoms with van der Waals surface area (Å²) in [4.78, 5) is 29.3. The van der Waals surface area contributed by atoms with Gasteiger partial charge in [0.15, 0.2) is 28.8 Å². The number of methoxy groups -OCH3 is 2. The molecular formula is C28H30F2N2O7. The Labute approximate surface area is 224 Å². The van der Waals surface area contributed by atoms with Gasteiger partial charge in [-0.25, -0.2) is 18.6 Å². The first-order valence-corrected chi connectivity index (χ1v) is 12.1. The number of halogens is 2. The van der Waals surface area contributed by atoms with Gasteiger partial charge < -0.3 is 29.4 Å². The lowest BCUT2D eigenvalue weighted by Gasteiger charge is -2.26. The Morgan fingerprint density at radius 3 is 2.36 bits per heavy atom. The van der Waals surface area contributed by atoms with E-state index in [4.69, 9.17) is 18.9 Å². The van der Waals surface area contributed by atoms with Crippen molar-refractivity contribution in [3.63, 3.8) is 0 Å². The number of carbonyl (C=O) groups is 2. The molecule has 0 aliphatic heterocycles. The predicted molar refractivity (Wildman–Crippen MR) is 137 cm³/mol. The Kier molecular flexibility index (Phi) is 10.0. The van der Waals surface area contributed by atoms with Gasteiger partial charge in [0.1, 0.15) is 23.7 Å². The van der Waals surface area contributed by atoms with Crippen LogP contribution in [0.5, 0.6) is 23.0 Å². The fourth-order valence-electron chi connectivity index (χ4n) is 3.69. The molecule has 0 radical (unpaired) electrons. The van der Waals surface area contributed by atoms with Crippen LogP contribution in [-0.2, 0) is 16.0 Å². The maximum Gasteiger partial charge on any atom is 0.328 e. The minimum atomic E-state index is -1.09. The summed E-state index contributed by atoms with van der Waals surface area (Å²) in [6.45, 7) is 3.03. The van der Waals surface area contributed by atoms with Crippen molar-refractivity contribution in [1.82, 2.24) is 10.3 Å². The van der Waals surface area contributed by atoms with E-state index in [1.165, 1.54) is 32.4 Å². The number of hydrogen-bond acceptors (Lipinski definition) is 8. The Morgan fingerprint density at radius 2 is 1.72 bits per heavy atom. The van der Waals surface area contributed by atoms with Crippen LogP contribution in [0.15, 0.2) is 54.7 Å². The highest BCUT2D eigenvalue weighted by Crippen LogP contribution is 2.27. The molecule has 0 bridgehead atoms. The van der Waals surface area contributed by atoms with E-state index in [1.807, 2.05) is 12.1 Å². The molecule has 208 valence electrons. The lowest BCUT2D eigenvalue weighted by atomic mass is 9.95. The number of pyridine rings is 1. The molecule has 1 heterocycles. The second kappa shape index (κ2) is 13.4. The van der Waals surface area contributed by atoms with E-state index in [9.17, 15) is 23.5 Å². The average molecular weight is 545 g/mol. The van der Waals surface area contributed by atoms with Gasteiger partial charge in [-0.05, 0) is 50.1 Å². The van der Waals surface area contributed by atoms with E-state index in [1.54, 1.807) is 26.2 Å². The van der Waals surface area contributed by atoms with E-state index in [2.05, 4.69) is 10.3 Å². The quantitative estimate of drug-likeness (QED) is 0.328. The SMILES string of the molecule is COc1ccc(C[C@H](COc2ccc(F)cc2F)[C@H](C)OC(=O)[C@H](C)NC(=O)c2nccc(OC)c2O)cc1. The summed E-state index contributed by atoms with van der Waals surface area (Å²) in [5, 5.41) is 12.6. The van der Waals surface area contributed by atoms with Crippen LogP contribution in [0.2, 0.25) is 0 Å². The topological polar surface area (TPSA) is 116 Å². The summed E-state index contributed by atoms with van der Waals surface area (Å²) in [6, 6.07) is 10.5. The number of esters is 1. The third-order valence-corrected chi connectivity index (χ3v) is 5.99. The Morgan fingerprint density at radius 1 is 1.00 bits per heavy atom. The van der Waals surface area contributed by atoms with Gasteiger partial charge >= 0.3 is 5.97 Å².